The fourth-order valence-corrected chi connectivity index (χ4v) is 4.83. The summed E-state index contributed by atoms with van der Waals surface area (Å²) in [7, 11) is 0. The first-order valence-electron chi connectivity index (χ1n) is 9.47. The maximum Gasteiger partial charge on any atom is 0.416 e. The molecule has 2 heterocycles. The molecule has 0 fully saturated rings. The van der Waals surface area contributed by atoms with Crippen molar-refractivity contribution in [1.29, 1.82) is 0 Å². The van der Waals surface area contributed by atoms with Crippen molar-refractivity contribution in [2.75, 3.05) is 16.8 Å². The van der Waals surface area contributed by atoms with Crippen LogP contribution in [0.5, 0.6) is 0 Å². The van der Waals surface area contributed by atoms with Crippen molar-refractivity contribution in [1.82, 2.24) is 14.5 Å². The van der Waals surface area contributed by atoms with Crippen molar-refractivity contribution in [3.8, 4) is 5.69 Å². The van der Waals surface area contributed by atoms with Gasteiger partial charge in [-0.15, -0.1) is 0 Å². The van der Waals surface area contributed by atoms with Gasteiger partial charge in [0.25, 0.3) is 5.56 Å². The second-order valence-electron chi connectivity index (χ2n) is 7.01. The molecule has 7 nitrogen and oxygen atoms in total. The summed E-state index contributed by atoms with van der Waals surface area (Å²) >= 11 is 2.20. The molecule has 0 bridgehead atoms. The van der Waals surface area contributed by atoms with Crippen molar-refractivity contribution in [3.63, 3.8) is 0 Å². The normalized spacial score (nSPS) is 11.6. The Morgan fingerprint density at radius 3 is 2.73 bits per heavy atom. The molecule has 2 aromatic heterocycles. The molecule has 3 N–H and O–H groups in total. The van der Waals surface area contributed by atoms with E-state index in [0.717, 1.165) is 45.7 Å². The summed E-state index contributed by atoms with van der Waals surface area (Å²) in [6.45, 7) is 1.95. The number of nitrogens with one attached hydrogen (secondary N) is 1. The molecule has 4 rings (SSSR count). The molecule has 0 atom stereocenters. The molecular weight excluding hydrogens is 475 g/mol. The number of amides is 1. The number of benzene rings is 2. The lowest BCUT2D eigenvalue weighted by Crippen LogP contribution is -2.19. The molecule has 12 heteroatoms. The van der Waals surface area contributed by atoms with Crippen molar-refractivity contribution in [3.05, 3.63) is 70.0 Å². The van der Waals surface area contributed by atoms with E-state index in [1.54, 1.807) is 0 Å². The third kappa shape index (κ3) is 5.17. The van der Waals surface area contributed by atoms with Gasteiger partial charge in [0.2, 0.25) is 5.91 Å². The van der Waals surface area contributed by atoms with E-state index in [4.69, 9.17) is 5.73 Å². The molecule has 33 heavy (non-hydrogen) atoms. The van der Waals surface area contributed by atoms with Crippen LogP contribution in [0.25, 0.3) is 15.9 Å². The number of halogens is 3. The number of carbonyl (C=O) groups excluding carboxylic acids is 1. The highest BCUT2D eigenvalue weighted by molar-refractivity contribution is 7.99. The molecule has 0 saturated carbocycles. The zero-order valence-corrected chi connectivity index (χ0v) is 18.6. The minimum Gasteiger partial charge on any atom is -0.385 e. The van der Waals surface area contributed by atoms with Crippen molar-refractivity contribution >= 4 is 50.2 Å². The molecular formula is C21H16F3N5O2S2. The first kappa shape index (κ1) is 22.8. The number of hydrogen-bond acceptors (Lipinski definition) is 7. The quantitative estimate of drug-likeness (QED) is 0.315. The number of rotatable bonds is 5. The third-order valence-electron chi connectivity index (χ3n) is 4.48. The standard InChI is InChI=1S/C21H16F3N5O2S2/c1-11-5-6-14-15(7-11)33-19(26-14)27-18(31)10-32-20-28-17(30)9-16(25)29(20)13-4-2-3-12(8-13)21(22,23)24/h2-9H,10,25H2,1H3,(H,26,27,31). The smallest absolute Gasteiger partial charge is 0.385 e. The average Bonchev–Trinajstić information content (AvgIpc) is 3.12. The minimum atomic E-state index is -4.56. The molecule has 1 amide bonds. The van der Waals surface area contributed by atoms with Crippen LogP contribution in [0.4, 0.5) is 24.1 Å². The van der Waals surface area contributed by atoms with E-state index < -0.39 is 23.2 Å². The number of thioether (sulfide) groups is 1. The van der Waals surface area contributed by atoms with E-state index in [1.165, 1.54) is 28.0 Å². The largest absolute Gasteiger partial charge is 0.416 e. The number of alkyl halides is 3. The second-order valence-corrected chi connectivity index (χ2v) is 8.99. The number of hydrogen-bond donors (Lipinski definition) is 2. The van der Waals surface area contributed by atoms with Gasteiger partial charge in [0.1, 0.15) is 5.82 Å². The van der Waals surface area contributed by atoms with E-state index in [2.05, 4.69) is 15.3 Å². The van der Waals surface area contributed by atoms with Crippen molar-refractivity contribution in [2.45, 2.75) is 18.3 Å². The Morgan fingerprint density at radius 1 is 1.18 bits per heavy atom. The zero-order valence-electron chi connectivity index (χ0n) is 17.0. The lowest BCUT2D eigenvalue weighted by molar-refractivity contribution is -0.137. The van der Waals surface area contributed by atoms with Gasteiger partial charge >= 0.3 is 6.18 Å². The molecule has 0 aliphatic heterocycles. The van der Waals surface area contributed by atoms with Crippen molar-refractivity contribution in [2.24, 2.45) is 0 Å². The lowest BCUT2D eigenvalue weighted by Gasteiger charge is -2.16. The summed E-state index contributed by atoms with van der Waals surface area (Å²) in [5.41, 5.74) is 6.27. The number of thiazole rings is 1. The van der Waals surface area contributed by atoms with Crippen LogP contribution in [0, 0.1) is 6.92 Å². The molecule has 170 valence electrons. The van der Waals surface area contributed by atoms with Gasteiger partial charge in [-0.1, -0.05) is 35.2 Å². The summed E-state index contributed by atoms with van der Waals surface area (Å²) < 4.78 is 41.5. The maximum atomic E-state index is 13.1. The van der Waals surface area contributed by atoms with Gasteiger partial charge in [-0.2, -0.15) is 18.2 Å². The van der Waals surface area contributed by atoms with Crippen LogP contribution >= 0.6 is 23.1 Å². The first-order chi connectivity index (χ1) is 15.6. The van der Waals surface area contributed by atoms with Crippen LogP contribution in [0.2, 0.25) is 0 Å². The predicted octanol–water partition coefficient (Wildman–Crippen LogP) is 4.48. The monoisotopic (exact) mass is 491 g/mol. The SMILES string of the molecule is Cc1ccc2nc(NC(=O)CSc3nc(=O)cc(N)n3-c3cccc(C(F)(F)F)c3)sc2c1. The fourth-order valence-electron chi connectivity index (χ4n) is 3.03. The molecule has 0 unspecified atom stereocenters. The highest BCUT2D eigenvalue weighted by atomic mass is 32.2. The first-order valence-corrected chi connectivity index (χ1v) is 11.3. The number of anilines is 2. The third-order valence-corrected chi connectivity index (χ3v) is 6.35. The Hall–Kier alpha value is -3.38. The Balaban J connectivity index is 1.56. The van der Waals surface area contributed by atoms with Crippen molar-refractivity contribution < 1.29 is 18.0 Å². The number of aryl methyl sites for hydroxylation is 1. The van der Waals surface area contributed by atoms with Gasteiger partial charge in [-0.05, 0) is 42.8 Å². The number of aromatic nitrogens is 3. The zero-order chi connectivity index (χ0) is 23.8. The van der Waals surface area contributed by atoms with E-state index in [0.29, 0.717) is 5.13 Å². The average molecular weight is 492 g/mol. The van der Waals surface area contributed by atoms with Gasteiger partial charge < -0.3 is 11.1 Å². The summed E-state index contributed by atoms with van der Waals surface area (Å²) in [6, 6.07) is 11.2. The second kappa shape index (κ2) is 8.87. The lowest BCUT2D eigenvalue weighted by atomic mass is 10.2. The summed E-state index contributed by atoms with van der Waals surface area (Å²) in [5.74, 6) is -0.675. The highest BCUT2D eigenvalue weighted by Crippen LogP contribution is 2.32. The number of fused-ring (bicyclic) bond motifs is 1. The molecule has 4 aromatic rings. The van der Waals surface area contributed by atoms with Gasteiger partial charge in [0.05, 0.1) is 27.2 Å². The molecule has 0 spiro atoms. The van der Waals surface area contributed by atoms with E-state index >= 15 is 0 Å². The van der Waals surface area contributed by atoms with Gasteiger partial charge in [0.15, 0.2) is 10.3 Å². The van der Waals surface area contributed by atoms with Gasteiger partial charge in [-0.3, -0.25) is 14.2 Å². The van der Waals surface area contributed by atoms with Crippen LogP contribution in [0.1, 0.15) is 11.1 Å². The number of nitrogens with zero attached hydrogens (tertiary/aromatic N) is 3. The number of carbonyl (C=O) groups is 1. The fraction of sp³-hybridized carbons (Fsp3) is 0.143. The molecule has 0 aliphatic carbocycles. The Bertz CT molecular complexity index is 1420. The Labute approximate surface area is 193 Å². The number of nitrogens with two attached hydrogens (primary N) is 1. The molecule has 0 radical (unpaired) electrons. The van der Waals surface area contributed by atoms with Gasteiger partial charge in [-0.25, -0.2) is 4.98 Å². The van der Waals surface area contributed by atoms with Crippen LogP contribution < -0.4 is 16.6 Å². The number of nitrogen functional groups attached to an aromatic ring is 1. The van der Waals surface area contributed by atoms with Crippen LogP contribution in [-0.2, 0) is 11.0 Å². The van der Waals surface area contributed by atoms with E-state index in [-0.39, 0.29) is 22.4 Å². The maximum absolute atomic E-state index is 13.1. The van der Waals surface area contributed by atoms with E-state index in [9.17, 15) is 22.8 Å². The molecule has 0 saturated heterocycles. The summed E-state index contributed by atoms with van der Waals surface area (Å²) in [4.78, 5) is 32.5. The molecule has 2 aromatic carbocycles. The topological polar surface area (TPSA) is 103 Å². The van der Waals surface area contributed by atoms with Crippen LogP contribution in [-0.4, -0.2) is 26.2 Å². The Kier molecular flexibility index (Phi) is 6.13. The Morgan fingerprint density at radius 2 is 1.97 bits per heavy atom. The minimum absolute atomic E-state index is 0.00519. The summed E-state index contributed by atoms with van der Waals surface area (Å²) in [6.07, 6.45) is -4.56. The predicted molar refractivity (Wildman–Crippen MR) is 123 cm³/mol. The van der Waals surface area contributed by atoms with Gasteiger partial charge in [0, 0.05) is 6.07 Å². The van der Waals surface area contributed by atoms with E-state index in [1.807, 2.05) is 25.1 Å². The van der Waals surface area contributed by atoms with Crippen LogP contribution in [0.15, 0.2) is 58.5 Å². The summed E-state index contributed by atoms with van der Waals surface area (Å²) in [5, 5.41) is 3.10. The highest BCUT2D eigenvalue weighted by Gasteiger charge is 2.30. The van der Waals surface area contributed by atoms with Crippen LogP contribution in [0.3, 0.4) is 0 Å². The molecule has 0 aliphatic rings.